The second-order valence-corrected chi connectivity index (χ2v) is 10.7. The molecule has 1 aromatic heterocycles. The summed E-state index contributed by atoms with van der Waals surface area (Å²) in [4.78, 5) is 21.2. The van der Waals surface area contributed by atoms with Crippen molar-refractivity contribution in [3.05, 3.63) is 60.3 Å². The minimum Gasteiger partial charge on any atom is -0.507 e. The average Bonchev–Trinajstić information content (AvgIpc) is 3.06. The van der Waals surface area contributed by atoms with Crippen LogP contribution in [0.15, 0.2) is 27.7 Å². The van der Waals surface area contributed by atoms with Crippen LogP contribution in [-0.4, -0.2) is 20.1 Å². The zero-order valence-electron chi connectivity index (χ0n) is 19.0. The largest absolute Gasteiger partial charge is 0.507 e. The summed E-state index contributed by atoms with van der Waals surface area (Å²) < 4.78 is 4.51. The summed E-state index contributed by atoms with van der Waals surface area (Å²) in [7, 11) is 0. The SMILES string of the molecule is CC(C)(C)c1cc(CSc2c([N+](=O)[O-])cc([N+](=O)[O-])c3c2no[n+]3[O-])cc(C(C)(C)C)c1O. The maximum atomic E-state index is 11.9. The van der Waals surface area contributed by atoms with Gasteiger partial charge in [-0.15, -0.1) is 11.8 Å². The predicted octanol–water partition coefficient (Wildman–Crippen LogP) is 4.87. The molecule has 3 rings (SSSR count). The monoisotopic (exact) mass is 476 g/mol. The molecule has 0 fully saturated rings. The van der Waals surface area contributed by atoms with Gasteiger partial charge in [-0.25, -0.2) is 0 Å². The Balaban J connectivity index is 2.15. The summed E-state index contributed by atoms with van der Waals surface area (Å²) in [6.45, 7) is 11.8. The highest BCUT2D eigenvalue weighted by atomic mass is 32.2. The van der Waals surface area contributed by atoms with Gasteiger partial charge < -0.3 is 10.3 Å². The van der Waals surface area contributed by atoms with Gasteiger partial charge in [-0.1, -0.05) is 53.7 Å². The quantitative estimate of drug-likeness (QED) is 0.234. The van der Waals surface area contributed by atoms with Crippen molar-refractivity contribution in [2.75, 3.05) is 0 Å². The number of thioether (sulfide) groups is 1. The van der Waals surface area contributed by atoms with E-state index in [2.05, 4.69) is 9.79 Å². The number of rotatable bonds is 5. The van der Waals surface area contributed by atoms with Crippen LogP contribution in [-0.2, 0) is 16.6 Å². The van der Waals surface area contributed by atoms with Gasteiger partial charge in [0.2, 0.25) is 0 Å². The third kappa shape index (κ3) is 4.56. The van der Waals surface area contributed by atoms with Crippen LogP contribution < -0.4 is 4.90 Å². The number of aromatic nitrogens is 2. The summed E-state index contributed by atoms with van der Waals surface area (Å²) in [6, 6.07) is 4.42. The molecule has 0 atom stereocenters. The number of nitrogens with zero attached hydrogens (tertiary/aromatic N) is 4. The lowest BCUT2D eigenvalue weighted by Crippen LogP contribution is -2.23. The summed E-state index contributed by atoms with van der Waals surface area (Å²) in [5.74, 6) is 0.433. The van der Waals surface area contributed by atoms with E-state index in [1.54, 1.807) is 0 Å². The molecule has 0 bridgehead atoms. The zero-order chi connectivity index (χ0) is 24.9. The van der Waals surface area contributed by atoms with Crippen LogP contribution in [0, 0.1) is 25.4 Å². The minimum absolute atomic E-state index is 0.0124. The fourth-order valence-electron chi connectivity index (χ4n) is 3.49. The van der Waals surface area contributed by atoms with Crippen molar-refractivity contribution in [2.45, 2.75) is 63.0 Å². The molecule has 11 nitrogen and oxygen atoms in total. The van der Waals surface area contributed by atoms with Crippen LogP contribution >= 0.6 is 11.8 Å². The van der Waals surface area contributed by atoms with Gasteiger partial charge in [0.15, 0.2) is 0 Å². The number of nitro benzene ring substituents is 2. The van der Waals surface area contributed by atoms with E-state index in [0.717, 1.165) is 34.5 Å². The van der Waals surface area contributed by atoms with Gasteiger partial charge in [-0.3, -0.25) is 24.9 Å². The first-order valence-corrected chi connectivity index (χ1v) is 11.0. The Morgan fingerprint density at radius 1 is 1.00 bits per heavy atom. The second-order valence-electron chi connectivity index (χ2n) is 9.71. The van der Waals surface area contributed by atoms with Crippen molar-refractivity contribution in [2.24, 2.45) is 0 Å². The Hall–Kier alpha value is -3.41. The lowest BCUT2D eigenvalue weighted by atomic mass is 9.78. The molecule has 0 aliphatic carbocycles. The van der Waals surface area contributed by atoms with Crippen LogP contribution in [0.5, 0.6) is 5.75 Å². The van der Waals surface area contributed by atoms with Gasteiger partial charge in [0.05, 0.1) is 9.85 Å². The minimum atomic E-state index is -0.888. The van der Waals surface area contributed by atoms with Crippen molar-refractivity contribution in [1.82, 2.24) is 5.16 Å². The van der Waals surface area contributed by atoms with Crippen molar-refractivity contribution < 1.29 is 24.5 Å². The van der Waals surface area contributed by atoms with Gasteiger partial charge >= 0.3 is 11.2 Å². The number of benzene rings is 2. The van der Waals surface area contributed by atoms with Crippen LogP contribution in [0.4, 0.5) is 11.4 Å². The molecule has 0 aliphatic heterocycles. The van der Waals surface area contributed by atoms with Crippen LogP contribution in [0.3, 0.4) is 0 Å². The van der Waals surface area contributed by atoms with Crippen LogP contribution in [0.2, 0.25) is 0 Å². The third-order valence-electron chi connectivity index (χ3n) is 5.14. The van der Waals surface area contributed by atoms with Gasteiger partial charge in [0.25, 0.3) is 11.2 Å². The first-order chi connectivity index (χ1) is 15.1. The van der Waals surface area contributed by atoms with E-state index in [0.29, 0.717) is 0 Å². The standard InChI is InChI=1S/C21H24N4O7S/c1-20(2,3)12-7-11(8-13(18(12)26)21(4,5)6)10-33-19-15(24(29)30)9-14(23(27)28)17-16(19)22-32-25(17)31/h7-9,26H,10H2,1-6H3. The number of aromatic hydroxyl groups is 1. The van der Waals surface area contributed by atoms with Crippen molar-refractivity contribution in [3.8, 4) is 5.75 Å². The Morgan fingerprint density at radius 3 is 1.97 bits per heavy atom. The van der Waals surface area contributed by atoms with E-state index in [1.165, 1.54) is 0 Å². The van der Waals surface area contributed by atoms with E-state index >= 15 is 0 Å². The van der Waals surface area contributed by atoms with E-state index in [-0.39, 0.29) is 37.6 Å². The number of nitro groups is 2. The molecule has 1 N–H and O–H groups in total. The molecular formula is C21H24N4O7S. The lowest BCUT2D eigenvalue weighted by molar-refractivity contribution is -0.783. The van der Waals surface area contributed by atoms with Gasteiger partial charge in [0, 0.05) is 10.9 Å². The summed E-state index contributed by atoms with van der Waals surface area (Å²) in [6.07, 6.45) is 0. The number of phenols is 1. The normalized spacial score (nSPS) is 12.3. The first kappa shape index (κ1) is 24.2. The van der Waals surface area contributed by atoms with Gasteiger partial charge in [0.1, 0.15) is 16.7 Å². The Morgan fingerprint density at radius 2 is 1.52 bits per heavy atom. The number of hydrogen-bond donors (Lipinski definition) is 1. The Labute approximate surface area is 193 Å². The van der Waals surface area contributed by atoms with Gasteiger partial charge in [-0.05, 0) is 32.4 Å². The fraction of sp³-hybridized carbons (Fsp3) is 0.429. The molecule has 1 heterocycles. The van der Waals surface area contributed by atoms with Crippen molar-refractivity contribution >= 4 is 34.2 Å². The van der Waals surface area contributed by atoms with Crippen molar-refractivity contribution in [1.29, 1.82) is 0 Å². The maximum Gasteiger partial charge on any atom is 0.331 e. The second kappa shape index (κ2) is 8.18. The molecule has 0 saturated carbocycles. The Bertz CT molecular complexity index is 1240. The molecule has 2 aromatic carbocycles. The maximum absolute atomic E-state index is 11.9. The highest BCUT2D eigenvalue weighted by Gasteiger charge is 2.35. The highest BCUT2D eigenvalue weighted by Crippen LogP contribution is 2.43. The molecule has 176 valence electrons. The molecule has 0 unspecified atom stereocenters. The summed E-state index contributed by atoms with van der Waals surface area (Å²) in [5.41, 5.74) is -0.514. The molecule has 12 heteroatoms. The van der Waals surface area contributed by atoms with E-state index in [4.69, 9.17) is 0 Å². The Kier molecular flexibility index (Phi) is 6.01. The number of phenolic OH excluding ortho intramolecular Hbond substituents is 1. The number of fused-ring (bicyclic) bond motifs is 1. The highest BCUT2D eigenvalue weighted by molar-refractivity contribution is 7.98. The zero-order valence-corrected chi connectivity index (χ0v) is 19.8. The molecule has 0 radical (unpaired) electrons. The van der Waals surface area contributed by atoms with Gasteiger partial charge in [-0.2, -0.15) is 0 Å². The lowest BCUT2D eigenvalue weighted by Gasteiger charge is -2.28. The average molecular weight is 477 g/mol. The smallest absolute Gasteiger partial charge is 0.331 e. The summed E-state index contributed by atoms with van der Waals surface area (Å²) >= 11 is 1.02. The first-order valence-electron chi connectivity index (χ1n) is 9.97. The fourth-order valence-corrected chi connectivity index (χ4v) is 4.52. The number of hydrogen-bond acceptors (Lipinski definition) is 9. The molecule has 0 saturated heterocycles. The molecule has 0 amide bonds. The predicted molar refractivity (Wildman–Crippen MR) is 121 cm³/mol. The van der Waals surface area contributed by atoms with Crippen molar-refractivity contribution in [3.63, 3.8) is 0 Å². The number of non-ortho nitro benzene ring substituents is 1. The van der Waals surface area contributed by atoms with Crippen LogP contribution in [0.1, 0.15) is 58.2 Å². The summed E-state index contributed by atoms with van der Waals surface area (Å²) in [5, 5.41) is 49.4. The molecular weight excluding hydrogens is 452 g/mol. The third-order valence-corrected chi connectivity index (χ3v) is 6.31. The molecule has 33 heavy (non-hydrogen) atoms. The van der Waals surface area contributed by atoms with E-state index in [9.17, 15) is 30.5 Å². The van der Waals surface area contributed by atoms with E-state index < -0.39 is 26.7 Å². The molecule has 3 aromatic rings. The van der Waals surface area contributed by atoms with E-state index in [1.807, 2.05) is 53.7 Å². The topological polar surface area (TPSA) is 159 Å². The van der Waals surface area contributed by atoms with Crippen LogP contribution in [0.25, 0.3) is 11.0 Å². The molecule has 0 aliphatic rings. The molecule has 0 spiro atoms.